The molecular weight excluding hydrogens is 268 g/mol. The van der Waals surface area contributed by atoms with Crippen LogP contribution in [0.5, 0.6) is 0 Å². The highest BCUT2D eigenvalue weighted by atomic mass is 35.5. The van der Waals surface area contributed by atoms with Crippen LogP contribution in [-0.4, -0.2) is 9.55 Å². The lowest BCUT2D eigenvalue weighted by Crippen LogP contribution is -2.25. The molecule has 1 aliphatic carbocycles. The van der Waals surface area contributed by atoms with Crippen LogP contribution >= 0.6 is 23.8 Å². The monoisotopic (exact) mass is 278 g/mol. The summed E-state index contributed by atoms with van der Waals surface area (Å²) in [5, 5.41) is 0.660. The highest BCUT2D eigenvalue weighted by molar-refractivity contribution is 7.71. The molecule has 2 aromatic rings. The van der Waals surface area contributed by atoms with E-state index in [1.807, 2.05) is 12.1 Å². The van der Waals surface area contributed by atoms with Crippen LogP contribution in [0.3, 0.4) is 0 Å². The van der Waals surface area contributed by atoms with Gasteiger partial charge in [0.25, 0.3) is 0 Å². The maximum Gasteiger partial charge on any atom is 0.331 e. The maximum atomic E-state index is 12.1. The highest BCUT2D eigenvalue weighted by Gasteiger charge is 2.18. The van der Waals surface area contributed by atoms with Crippen molar-refractivity contribution in [1.82, 2.24) is 9.55 Å². The minimum absolute atomic E-state index is 0.178. The molecule has 0 saturated carbocycles. The molecule has 0 saturated heterocycles. The van der Waals surface area contributed by atoms with E-state index in [9.17, 15) is 4.79 Å². The summed E-state index contributed by atoms with van der Waals surface area (Å²) in [6.07, 6.45) is 2.88. The van der Waals surface area contributed by atoms with Crippen molar-refractivity contribution < 1.29 is 0 Å². The number of nitrogens with zero attached hydrogens (tertiary/aromatic N) is 1. The molecule has 1 aliphatic rings. The second-order valence-corrected chi connectivity index (χ2v) is 5.19. The van der Waals surface area contributed by atoms with Crippen LogP contribution in [-0.2, 0) is 12.8 Å². The minimum atomic E-state index is -0.178. The number of aromatic nitrogens is 2. The van der Waals surface area contributed by atoms with Crippen molar-refractivity contribution in [2.45, 2.75) is 19.3 Å². The standard InChI is InChI=1S/C13H11ClN2OS/c14-8-4-6-9(7-5-8)16-11-3-1-2-10(11)12(18)15-13(16)17/h4-7H,1-3H2,(H,15,17,18). The molecule has 0 unspecified atom stereocenters. The number of fused-ring (bicyclic) bond motifs is 1. The molecule has 18 heavy (non-hydrogen) atoms. The smallest absolute Gasteiger partial charge is 0.298 e. The Morgan fingerprint density at radius 1 is 1.22 bits per heavy atom. The number of nitrogens with one attached hydrogen (secondary N) is 1. The Bertz CT molecular complexity index is 715. The van der Waals surface area contributed by atoms with Gasteiger partial charge in [0.05, 0.1) is 5.69 Å². The van der Waals surface area contributed by atoms with Gasteiger partial charge in [0, 0.05) is 16.3 Å². The average Bonchev–Trinajstić information content (AvgIpc) is 2.81. The van der Waals surface area contributed by atoms with E-state index < -0.39 is 0 Å². The number of aromatic amines is 1. The van der Waals surface area contributed by atoms with E-state index in [1.54, 1.807) is 16.7 Å². The summed E-state index contributed by atoms with van der Waals surface area (Å²) in [5.41, 5.74) is 2.78. The molecule has 0 aliphatic heterocycles. The summed E-state index contributed by atoms with van der Waals surface area (Å²) >= 11 is 11.1. The van der Waals surface area contributed by atoms with E-state index in [1.165, 1.54) is 0 Å². The second-order valence-electron chi connectivity index (χ2n) is 4.35. The fourth-order valence-corrected chi connectivity index (χ4v) is 2.87. The molecule has 3 rings (SSSR count). The predicted octanol–water partition coefficient (Wildman–Crippen LogP) is 3.04. The third-order valence-corrected chi connectivity index (χ3v) is 3.84. The SMILES string of the molecule is O=c1[nH]c(=S)c2c(n1-c1ccc(Cl)cc1)CCC2. The molecule has 0 radical (unpaired) electrons. The molecule has 3 nitrogen and oxygen atoms in total. The number of hydrogen-bond acceptors (Lipinski definition) is 2. The first-order valence-electron chi connectivity index (χ1n) is 5.80. The Morgan fingerprint density at radius 3 is 2.67 bits per heavy atom. The van der Waals surface area contributed by atoms with Crippen molar-refractivity contribution in [3.63, 3.8) is 0 Å². The van der Waals surface area contributed by atoms with Gasteiger partial charge in [-0.2, -0.15) is 0 Å². The summed E-state index contributed by atoms with van der Waals surface area (Å²) in [6.45, 7) is 0. The molecule has 0 fully saturated rings. The number of hydrogen-bond donors (Lipinski definition) is 1. The first kappa shape index (κ1) is 11.7. The van der Waals surface area contributed by atoms with Crippen LogP contribution in [0.4, 0.5) is 0 Å². The lowest BCUT2D eigenvalue weighted by atomic mass is 10.2. The number of benzene rings is 1. The second kappa shape index (κ2) is 4.37. The van der Waals surface area contributed by atoms with Gasteiger partial charge in [0.1, 0.15) is 4.64 Å². The summed E-state index contributed by atoms with van der Waals surface area (Å²) in [4.78, 5) is 14.8. The third-order valence-electron chi connectivity index (χ3n) is 3.24. The summed E-state index contributed by atoms with van der Waals surface area (Å²) in [5.74, 6) is 0. The van der Waals surface area contributed by atoms with Crippen LogP contribution in [0.25, 0.3) is 5.69 Å². The third kappa shape index (κ3) is 1.82. The molecule has 0 bridgehead atoms. The van der Waals surface area contributed by atoms with Crippen molar-refractivity contribution in [2.24, 2.45) is 0 Å². The molecule has 5 heteroatoms. The zero-order valence-electron chi connectivity index (χ0n) is 9.57. The summed E-state index contributed by atoms with van der Waals surface area (Å²) in [7, 11) is 0. The molecule has 0 amide bonds. The van der Waals surface area contributed by atoms with Gasteiger partial charge in [-0.1, -0.05) is 23.8 Å². The van der Waals surface area contributed by atoms with Crippen LogP contribution < -0.4 is 5.69 Å². The van der Waals surface area contributed by atoms with E-state index in [4.69, 9.17) is 23.8 Å². The average molecular weight is 279 g/mol. The predicted molar refractivity (Wildman–Crippen MR) is 74.3 cm³/mol. The van der Waals surface area contributed by atoms with Gasteiger partial charge in [-0.25, -0.2) is 4.79 Å². The van der Waals surface area contributed by atoms with Crippen molar-refractivity contribution >= 4 is 23.8 Å². The van der Waals surface area contributed by atoms with E-state index in [2.05, 4.69) is 4.98 Å². The largest absolute Gasteiger partial charge is 0.331 e. The van der Waals surface area contributed by atoms with Gasteiger partial charge in [-0.3, -0.25) is 9.55 Å². The van der Waals surface area contributed by atoms with Gasteiger partial charge in [-0.05, 0) is 43.5 Å². The van der Waals surface area contributed by atoms with Gasteiger partial charge in [-0.15, -0.1) is 0 Å². The Kier molecular flexibility index (Phi) is 2.84. The van der Waals surface area contributed by atoms with Gasteiger partial charge in [0.2, 0.25) is 0 Å². The number of halogens is 1. The first-order valence-corrected chi connectivity index (χ1v) is 6.58. The van der Waals surface area contributed by atoms with Crippen LogP contribution in [0.15, 0.2) is 29.1 Å². The molecule has 1 heterocycles. The summed E-state index contributed by atoms with van der Waals surface area (Å²) < 4.78 is 2.28. The molecule has 92 valence electrons. The molecule has 0 atom stereocenters. The van der Waals surface area contributed by atoms with Crippen LogP contribution in [0.1, 0.15) is 17.7 Å². The fourth-order valence-electron chi connectivity index (χ4n) is 2.43. The van der Waals surface area contributed by atoms with Crippen molar-refractivity contribution in [2.75, 3.05) is 0 Å². The minimum Gasteiger partial charge on any atom is -0.298 e. The number of H-pyrrole nitrogens is 1. The Hall–Kier alpha value is -1.39. The van der Waals surface area contributed by atoms with Crippen molar-refractivity contribution in [3.05, 3.63) is 55.7 Å². The topological polar surface area (TPSA) is 37.8 Å². The summed E-state index contributed by atoms with van der Waals surface area (Å²) in [6, 6.07) is 7.26. The Labute approximate surface area is 114 Å². The van der Waals surface area contributed by atoms with E-state index in [-0.39, 0.29) is 5.69 Å². The Balaban J connectivity index is 2.30. The fraction of sp³-hybridized carbons (Fsp3) is 0.231. The van der Waals surface area contributed by atoms with Crippen LogP contribution in [0, 0.1) is 4.64 Å². The highest BCUT2D eigenvalue weighted by Crippen LogP contribution is 2.23. The van der Waals surface area contributed by atoms with E-state index in [0.717, 1.165) is 36.2 Å². The first-order chi connectivity index (χ1) is 8.66. The van der Waals surface area contributed by atoms with Crippen LogP contribution in [0.2, 0.25) is 5.02 Å². The quantitative estimate of drug-likeness (QED) is 0.814. The molecule has 1 N–H and O–H groups in total. The molecule has 1 aromatic carbocycles. The Morgan fingerprint density at radius 2 is 1.94 bits per heavy atom. The van der Waals surface area contributed by atoms with E-state index in [0.29, 0.717) is 9.66 Å². The number of rotatable bonds is 1. The van der Waals surface area contributed by atoms with Gasteiger partial charge >= 0.3 is 5.69 Å². The normalized spacial score (nSPS) is 13.6. The zero-order chi connectivity index (χ0) is 12.7. The van der Waals surface area contributed by atoms with Crippen molar-refractivity contribution in [3.8, 4) is 5.69 Å². The lowest BCUT2D eigenvalue weighted by molar-refractivity contribution is 0.824. The molecule has 1 aromatic heterocycles. The maximum absolute atomic E-state index is 12.1. The van der Waals surface area contributed by atoms with E-state index >= 15 is 0 Å². The zero-order valence-corrected chi connectivity index (χ0v) is 11.1. The molecular formula is C13H11ClN2OS. The van der Waals surface area contributed by atoms with Gasteiger partial charge in [0.15, 0.2) is 0 Å². The van der Waals surface area contributed by atoms with Crippen molar-refractivity contribution in [1.29, 1.82) is 0 Å². The lowest BCUT2D eigenvalue weighted by Gasteiger charge is -2.11. The van der Waals surface area contributed by atoms with Gasteiger partial charge < -0.3 is 0 Å². The molecule has 0 spiro atoms.